The molecule has 2 rings (SSSR count). The molecule has 92 valence electrons. The van der Waals surface area contributed by atoms with E-state index in [-0.39, 0.29) is 6.61 Å². The lowest BCUT2D eigenvalue weighted by atomic mass is 9.96. The summed E-state index contributed by atoms with van der Waals surface area (Å²) in [5, 5.41) is 9.26. The minimum atomic E-state index is -1.17. The van der Waals surface area contributed by atoms with Gasteiger partial charge in [-0.05, 0) is 18.4 Å². The molecule has 1 fully saturated rings. The van der Waals surface area contributed by atoms with Crippen molar-refractivity contribution in [2.45, 2.75) is 25.0 Å². The first-order valence-electron chi connectivity index (χ1n) is 5.72. The molecule has 1 saturated heterocycles. The summed E-state index contributed by atoms with van der Waals surface area (Å²) in [6.45, 7) is 1.05. The fourth-order valence-electron chi connectivity index (χ4n) is 1.91. The van der Waals surface area contributed by atoms with E-state index in [0.717, 1.165) is 12.0 Å². The zero-order valence-electron chi connectivity index (χ0n) is 9.59. The summed E-state index contributed by atoms with van der Waals surface area (Å²) in [6, 6.07) is 9.56. The third-order valence-corrected chi connectivity index (χ3v) is 2.95. The van der Waals surface area contributed by atoms with E-state index in [4.69, 9.17) is 9.47 Å². The average Bonchev–Trinajstić information content (AvgIpc) is 2.38. The van der Waals surface area contributed by atoms with Gasteiger partial charge in [-0.3, -0.25) is 0 Å². The highest BCUT2D eigenvalue weighted by atomic mass is 16.6. The van der Waals surface area contributed by atoms with Crippen molar-refractivity contribution in [3.63, 3.8) is 0 Å². The Morgan fingerprint density at radius 2 is 2.18 bits per heavy atom. The van der Waals surface area contributed by atoms with E-state index in [0.29, 0.717) is 19.6 Å². The third-order valence-electron chi connectivity index (χ3n) is 2.95. The van der Waals surface area contributed by atoms with Crippen molar-refractivity contribution in [3.05, 3.63) is 35.9 Å². The Labute approximate surface area is 100 Å². The number of hydrogen-bond donors (Lipinski definition) is 1. The van der Waals surface area contributed by atoms with Gasteiger partial charge in [-0.1, -0.05) is 30.3 Å². The van der Waals surface area contributed by atoms with Crippen LogP contribution in [0.15, 0.2) is 30.3 Å². The van der Waals surface area contributed by atoms with Crippen LogP contribution >= 0.6 is 0 Å². The maximum atomic E-state index is 11.3. The average molecular weight is 236 g/mol. The third kappa shape index (κ3) is 2.84. The lowest BCUT2D eigenvalue weighted by molar-refractivity contribution is -0.186. The van der Waals surface area contributed by atoms with Gasteiger partial charge >= 0.3 is 5.97 Å². The van der Waals surface area contributed by atoms with Crippen LogP contribution in [0.25, 0.3) is 0 Å². The molecule has 0 bridgehead atoms. The van der Waals surface area contributed by atoms with Crippen molar-refractivity contribution in [3.8, 4) is 0 Å². The normalized spacial score (nSPS) is 24.5. The smallest absolute Gasteiger partial charge is 0.338 e. The molecule has 17 heavy (non-hydrogen) atoms. The number of carboxylic acid groups (broad SMARTS) is 1. The lowest BCUT2D eigenvalue weighted by Crippen LogP contribution is -2.48. The molecule has 0 radical (unpaired) electrons. The second-order valence-corrected chi connectivity index (χ2v) is 4.23. The molecule has 1 unspecified atom stereocenters. The predicted octanol–water partition coefficient (Wildman–Crippen LogP) is 1.84. The highest BCUT2D eigenvalue weighted by Gasteiger charge is 2.41. The monoisotopic (exact) mass is 236 g/mol. The van der Waals surface area contributed by atoms with E-state index in [2.05, 4.69) is 0 Å². The molecular formula is C13H16O4. The first kappa shape index (κ1) is 12.1. The van der Waals surface area contributed by atoms with E-state index in [9.17, 15) is 9.90 Å². The fourth-order valence-corrected chi connectivity index (χ4v) is 1.91. The minimum Gasteiger partial charge on any atom is -0.479 e. The van der Waals surface area contributed by atoms with Gasteiger partial charge in [0.05, 0.1) is 13.2 Å². The van der Waals surface area contributed by atoms with Gasteiger partial charge in [-0.15, -0.1) is 0 Å². The largest absolute Gasteiger partial charge is 0.479 e. The Morgan fingerprint density at radius 1 is 1.41 bits per heavy atom. The molecule has 1 heterocycles. The quantitative estimate of drug-likeness (QED) is 0.866. The molecule has 0 aliphatic carbocycles. The lowest BCUT2D eigenvalue weighted by Gasteiger charge is -2.32. The van der Waals surface area contributed by atoms with Crippen LogP contribution in [0, 0.1) is 0 Å². The SMILES string of the molecule is O=C(O)C1(OCc2ccccc2)CCCOC1. The number of ether oxygens (including phenoxy) is 2. The molecule has 1 aliphatic rings. The number of carbonyl (C=O) groups is 1. The van der Waals surface area contributed by atoms with Gasteiger partial charge in [0.15, 0.2) is 5.60 Å². The van der Waals surface area contributed by atoms with Crippen LogP contribution in [0.3, 0.4) is 0 Å². The van der Waals surface area contributed by atoms with E-state index in [1.54, 1.807) is 0 Å². The minimum absolute atomic E-state index is 0.134. The topological polar surface area (TPSA) is 55.8 Å². The Kier molecular flexibility index (Phi) is 3.76. The van der Waals surface area contributed by atoms with E-state index < -0.39 is 11.6 Å². The molecule has 1 N–H and O–H groups in total. The van der Waals surface area contributed by atoms with Crippen LogP contribution in [0.1, 0.15) is 18.4 Å². The first-order chi connectivity index (χ1) is 8.23. The molecule has 1 aromatic rings. The number of rotatable bonds is 4. The zero-order valence-corrected chi connectivity index (χ0v) is 9.59. The van der Waals surface area contributed by atoms with Gasteiger partial charge < -0.3 is 14.6 Å². The summed E-state index contributed by atoms with van der Waals surface area (Å²) in [5.41, 5.74) is -0.202. The maximum Gasteiger partial charge on any atom is 0.338 e. The number of carboxylic acids is 1. The first-order valence-corrected chi connectivity index (χ1v) is 5.72. The van der Waals surface area contributed by atoms with Crippen molar-refractivity contribution in [2.75, 3.05) is 13.2 Å². The van der Waals surface area contributed by atoms with Gasteiger partial charge in [0, 0.05) is 6.61 Å². The molecule has 0 amide bonds. The fraction of sp³-hybridized carbons (Fsp3) is 0.462. The summed E-state index contributed by atoms with van der Waals surface area (Å²) < 4.78 is 10.8. The molecule has 0 aromatic heterocycles. The van der Waals surface area contributed by atoms with Gasteiger partial charge in [0.1, 0.15) is 0 Å². The number of hydrogen-bond acceptors (Lipinski definition) is 3. The Morgan fingerprint density at radius 3 is 2.76 bits per heavy atom. The van der Waals surface area contributed by atoms with Crippen molar-refractivity contribution < 1.29 is 19.4 Å². The summed E-state index contributed by atoms with van der Waals surface area (Å²) >= 11 is 0. The van der Waals surface area contributed by atoms with Crippen molar-refractivity contribution in [1.82, 2.24) is 0 Å². The van der Waals surface area contributed by atoms with Gasteiger partial charge in [-0.2, -0.15) is 0 Å². The second kappa shape index (κ2) is 5.29. The zero-order chi connectivity index (χ0) is 12.1. The molecule has 4 heteroatoms. The predicted molar refractivity (Wildman–Crippen MR) is 61.7 cm³/mol. The Bertz CT molecular complexity index is 368. The van der Waals surface area contributed by atoms with Crippen LogP contribution in [-0.2, 0) is 20.9 Å². The summed E-state index contributed by atoms with van der Waals surface area (Å²) in [4.78, 5) is 11.3. The van der Waals surface area contributed by atoms with Crippen molar-refractivity contribution >= 4 is 5.97 Å². The molecule has 0 spiro atoms. The van der Waals surface area contributed by atoms with Crippen LogP contribution in [0.2, 0.25) is 0 Å². The van der Waals surface area contributed by atoms with Gasteiger partial charge in [0.2, 0.25) is 0 Å². The summed E-state index contributed by atoms with van der Waals surface area (Å²) in [6.07, 6.45) is 1.23. The summed E-state index contributed by atoms with van der Waals surface area (Å²) in [7, 11) is 0. The van der Waals surface area contributed by atoms with Crippen molar-refractivity contribution in [1.29, 1.82) is 0 Å². The Balaban J connectivity index is 2.01. The van der Waals surface area contributed by atoms with E-state index in [1.807, 2.05) is 30.3 Å². The van der Waals surface area contributed by atoms with E-state index >= 15 is 0 Å². The second-order valence-electron chi connectivity index (χ2n) is 4.23. The van der Waals surface area contributed by atoms with Crippen molar-refractivity contribution in [2.24, 2.45) is 0 Å². The molecule has 1 atom stereocenters. The van der Waals surface area contributed by atoms with Crippen LogP contribution < -0.4 is 0 Å². The van der Waals surface area contributed by atoms with Crippen LogP contribution in [-0.4, -0.2) is 29.9 Å². The highest BCUT2D eigenvalue weighted by Crippen LogP contribution is 2.25. The standard InChI is InChI=1S/C13H16O4/c14-12(15)13(7-4-8-16-10-13)17-9-11-5-2-1-3-6-11/h1-3,5-6H,4,7-10H2,(H,14,15). The molecule has 0 saturated carbocycles. The van der Waals surface area contributed by atoms with Crippen LogP contribution in [0.5, 0.6) is 0 Å². The number of aliphatic carboxylic acids is 1. The molecule has 1 aromatic carbocycles. The Hall–Kier alpha value is -1.39. The summed E-state index contributed by atoms with van der Waals surface area (Å²) in [5.74, 6) is -0.937. The van der Waals surface area contributed by atoms with Gasteiger partial charge in [-0.25, -0.2) is 4.79 Å². The molecular weight excluding hydrogens is 220 g/mol. The molecule has 1 aliphatic heterocycles. The van der Waals surface area contributed by atoms with E-state index in [1.165, 1.54) is 0 Å². The maximum absolute atomic E-state index is 11.3. The molecule has 4 nitrogen and oxygen atoms in total. The number of benzene rings is 1. The van der Waals surface area contributed by atoms with Crippen LogP contribution in [0.4, 0.5) is 0 Å². The highest BCUT2D eigenvalue weighted by molar-refractivity contribution is 5.77. The van der Waals surface area contributed by atoms with Gasteiger partial charge in [0.25, 0.3) is 0 Å².